The average Bonchev–Trinajstić information content (AvgIpc) is 3.24. The Morgan fingerprint density at radius 3 is 2.50 bits per heavy atom. The lowest BCUT2D eigenvalue weighted by Crippen LogP contribution is -2.53. The largest absolute Gasteiger partial charge is 0.467 e. The smallest absolute Gasteiger partial charge is 0.331 e. The molecule has 2 heterocycles. The first-order valence-electron chi connectivity index (χ1n) is 8.95. The van der Waals surface area contributed by atoms with Crippen molar-refractivity contribution in [2.45, 2.75) is 16.3 Å². The molecule has 1 fully saturated rings. The molecule has 0 aliphatic carbocycles. The summed E-state index contributed by atoms with van der Waals surface area (Å²) in [5, 5.41) is 2.85. The zero-order chi connectivity index (χ0) is 21.1. The van der Waals surface area contributed by atoms with E-state index in [-0.39, 0.29) is 12.1 Å². The van der Waals surface area contributed by atoms with Crippen molar-refractivity contribution in [3.05, 3.63) is 88.8 Å². The maximum absolute atomic E-state index is 12.9. The highest BCUT2D eigenvalue weighted by Crippen LogP contribution is 2.32. The van der Waals surface area contributed by atoms with E-state index in [1.165, 1.54) is 24.1 Å². The number of nitrogens with one attached hydrogen (secondary N) is 1. The van der Waals surface area contributed by atoms with Crippen LogP contribution in [-0.4, -0.2) is 22.7 Å². The van der Waals surface area contributed by atoms with E-state index >= 15 is 0 Å². The third-order valence-electron chi connectivity index (χ3n) is 4.34. The number of hydrogen-bond donors (Lipinski definition) is 1. The second kappa shape index (κ2) is 8.61. The van der Waals surface area contributed by atoms with Crippen LogP contribution >= 0.6 is 23.4 Å². The van der Waals surface area contributed by atoms with Crippen LogP contribution in [0.5, 0.6) is 0 Å². The molecule has 150 valence electrons. The number of amides is 4. The third kappa shape index (κ3) is 4.32. The fourth-order valence-corrected chi connectivity index (χ4v) is 3.92. The fourth-order valence-electron chi connectivity index (χ4n) is 2.87. The van der Waals surface area contributed by atoms with E-state index in [1.807, 2.05) is 30.3 Å². The maximum atomic E-state index is 12.9. The monoisotopic (exact) mass is 438 g/mol. The topological polar surface area (TPSA) is 79.6 Å². The fraction of sp³-hybridized carbons (Fsp3) is 0.0455. The molecule has 3 aromatic rings. The van der Waals surface area contributed by atoms with E-state index in [2.05, 4.69) is 5.32 Å². The van der Waals surface area contributed by atoms with Crippen LogP contribution in [0.2, 0.25) is 5.02 Å². The van der Waals surface area contributed by atoms with E-state index in [9.17, 15) is 14.4 Å². The first-order valence-corrected chi connectivity index (χ1v) is 10.1. The van der Waals surface area contributed by atoms with E-state index in [0.29, 0.717) is 16.3 Å². The maximum Gasteiger partial charge on any atom is 0.331 e. The SMILES string of the molecule is O=C1NC(=O)N(Cc2ccco2)C(=O)/C1=C\c1ccccc1Sc1ccc(Cl)cc1. The number of urea groups is 1. The van der Waals surface area contributed by atoms with Gasteiger partial charge in [-0.15, -0.1) is 0 Å². The van der Waals surface area contributed by atoms with Crippen LogP contribution in [0.1, 0.15) is 11.3 Å². The van der Waals surface area contributed by atoms with Gasteiger partial charge in [-0.25, -0.2) is 4.79 Å². The van der Waals surface area contributed by atoms with Gasteiger partial charge in [0.2, 0.25) is 0 Å². The van der Waals surface area contributed by atoms with Gasteiger partial charge in [-0.2, -0.15) is 0 Å². The Balaban J connectivity index is 1.64. The number of hydrogen-bond acceptors (Lipinski definition) is 5. The normalized spacial score (nSPS) is 15.6. The van der Waals surface area contributed by atoms with Crippen LogP contribution in [0.3, 0.4) is 0 Å². The molecular weight excluding hydrogens is 424 g/mol. The second-order valence-corrected chi connectivity index (χ2v) is 7.93. The molecule has 0 spiro atoms. The van der Waals surface area contributed by atoms with Crippen molar-refractivity contribution in [2.75, 3.05) is 0 Å². The number of imide groups is 2. The predicted molar refractivity (Wildman–Crippen MR) is 113 cm³/mol. The minimum atomic E-state index is -0.776. The third-order valence-corrected chi connectivity index (χ3v) is 5.69. The van der Waals surface area contributed by atoms with Gasteiger partial charge in [0.25, 0.3) is 11.8 Å². The van der Waals surface area contributed by atoms with Gasteiger partial charge in [0.05, 0.1) is 12.8 Å². The van der Waals surface area contributed by atoms with Gasteiger partial charge in [0.15, 0.2) is 0 Å². The molecule has 30 heavy (non-hydrogen) atoms. The molecule has 6 nitrogen and oxygen atoms in total. The first-order chi connectivity index (χ1) is 14.5. The van der Waals surface area contributed by atoms with Gasteiger partial charge in [-0.05, 0) is 54.1 Å². The summed E-state index contributed by atoms with van der Waals surface area (Å²) >= 11 is 7.42. The van der Waals surface area contributed by atoms with E-state index in [4.69, 9.17) is 16.0 Å². The summed E-state index contributed by atoms with van der Waals surface area (Å²) < 4.78 is 5.22. The Morgan fingerprint density at radius 1 is 1.00 bits per heavy atom. The molecule has 0 saturated carbocycles. The number of barbiturate groups is 1. The highest BCUT2D eigenvalue weighted by Gasteiger charge is 2.36. The Bertz CT molecular complexity index is 1140. The summed E-state index contributed by atoms with van der Waals surface area (Å²) in [4.78, 5) is 40.2. The minimum absolute atomic E-state index is 0.0660. The van der Waals surface area contributed by atoms with E-state index in [1.54, 1.807) is 30.3 Å². The molecule has 4 rings (SSSR count). The highest BCUT2D eigenvalue weighted by atomic mass is 35.5. The molecule has 0 bridgehead atoms. The molecular formula is C22H15ClN2O4S. The summed E-state index contributed by atoms with van der Waals surface area (Å²) in [5.41, 5.74) is 0.563. The van der Waals surface area contributed by atoms with Gasteiger partial charge in [-0.3, -0.25) is 19.8 Å². The average molecular weight is 439 g/mol. The van der Waals surface area contributed by atoms with E-state index in [0.717, 1.165) is 14.7 Å². The molecule has 2 aromatic carbocycles. The van der Waals surface area contributed by atoms with Crippen LogP contribution in [0, 0.1) is 0 Å². The lowest BCUT2D eigenvalue weighted by Gasteiger charge is -2.25. The van der Waals surface area contributed by atoms with Crippen molar-refractivity contribution in [2.24, 2.45) is 0 Å². The number of halogens is 1. The molecule has 4 amide bonds. The van der Waals surface area contributed by atoms with Crippen LogP contribution in [0.15, 0.2) is 86.7 Å². The molecule has 1 aliphatic heterocycles. The van der Waals surface area contributed by atoms with Gasteiger partial charge >= 0.3 is 6.03 Å². The zero-order valence-corrected chi connectivity index (χ0v) is 17.1. The number of rotatable bonds is 5. The molecule has 0 unspecified atom stereocenters. The summed E-state index contributed by atoms with van der Waals surface area (Å²) in [6.07, 6.45) is 2.95. The summed E-state index contributed by atoms with van der Waals surface area (Å²) in [6, 6.07) is 17.3. The standard InChI is InChI=1S/C22H15ClN2O4S/c23-15-7-9-17(10-8-15)30-19-6-2-1-4-14(19)12-18-20(26)24-22(28)25(21(18)27)13-16-5-3-11-29-16/h1-12H,13H2,(H,24,26,28)/b18-12-. The lowest BCUT2D eigenvalue weighted by molar-refractivity contribution is -0.130. The minimum Gasteiger partial charge on any atom is -0.467 e. The van der Waals surface area contributed by atoms with Gasteiger partial charge in [0.1, 0.15) is 11.3 Å². The van der Waals surface area contributed by atoms with Crippen LogP contribution < -0.4 is 5.32 Å². The molecule has 1 N–H and O–H groups in total. The van der Waals surface area contributed by atoms with Gasteiger partial charge < -0.3 is 4.42 Å². The Kier molecular flexibility index (Phi) is 5.74. The zero-order valence-electron chi connectivity index (χ0n) is 15.5. The summed E-state index contributed by atoms with van der Waals surface area (Å²) in [7, 11) is 0. The van der Waals surface area contributed by atoms with Crippen molar-refractivity contribution in [3.63, 3.8) is 0 Å². The quantitative estimate of drug-likeness (QED) is 0.459. The van der Waals surface area contributed by atoms with Crippen LogP contribution in [0.4, 0.5) is 4.79 Å². The van der Waals surface area contributed by atoms with E-state index < -0.39 is 17.8 Å². The Morgan fingerprint density at radius 2 is 1.77 bits per heavy atom. The van der Waals surface area contributed by atoms with Crippen LogP contribution in [-0.2, 0) is 16.1 Å². The van der Waals surface area contributed by atoms with Gasteiger partial charge in [-0.1, -0.05) is 41.6 Å². The summed E-state index contributed by atoms with van der Waals surface area (Å²) in [6.45, 7) is -0.0660. The first kappa shape index (κ1) is 20.0. The molecule has 1 aliphatic rings. The summed E-state index contributed by atoms with van der Waals surface area (Å²) in [5.74, 6) is -0.968. The molecule has 1 aromatic heterocycles. The van der Waals surface area contributed by atoms with Gasteiger partial charge in [0, 0.05) is 14.8 Å². The number of carbonyl (C=O) groups is 3. The molecule has 0 atom stereocenters. The number of benzene rings is 2. The van der Waals surface area contributed by atoms with Crippen molar-refractivity contribution >= 4 is 47.3 Å². The second-order valence-electron chi connectivity index (χ2n) is 6.38. The highest BCUT2D eigenvalue weighted by molar-refractivity contribution is 7.99. The van der Waals surface area contributed by atoms with Crippen molar-refractivity contribution in [3.8, 4) is 0 Å². The number of carbonyl (C=O) groups excluding carboxylic acids is 3. The van der Waals surface area contributed by atoms with Crippen molar-refractivity contribution < 1.29 is 18.8 Å². The van der Waals surface area contributed by atoms with Crippen molar-refractivity contribution in [1.82, 2.24) is 10.2 Å². The Hall–Kier alpha value is -3.29. The number of furan rings is 1. The molecule has 1 saturated heterocycles. The van der Waals surface area contributed by atoms with Crippen LogP contribution in [0.25, 0.3) is 6.08 Å². The molecule has 8 heteroatoms. The lowest BCUT2D eigenvalue weighted by atomic mass is 10.1. The van der Waals surface area contributed by atoms with Crippen molar-refractivity contribution in [1.29, 1.82) is 0 Å². The predicted octanol–water partition coefficient (Wildman–Crippen LogP) is 4.75. The Labute approximate surface area is 181 Å². The molecule has 0 radical (unpaired) electrons. The number of nitrogens with zero attached hydrogens (tertiary/aromatic N) is 1.